The van der Waals surface area contributed by atoms with Gasteiger partial charge in [0.15, 0.2) is 17.3 Å². The molecule has 0 unspecified atom stereocenters. The summed E-state index contributed by atoms with van der Waals surface area (Å²) in [5.74, 6) is -3.39. The Morgan fingerprint density at radius 1 is 1.15 bits per heavy atom. The van der Waals surface area contributed by atoms with E-state index < -0.39 is 23.5 Å². The summed E-state index contributed by atoms with van der Waals surface area (Å²) in [7, 11) is 0. The predicted molar refractivity (Wildman–Crippen MR) is 99.4 cm³/mol. The molecule has 2 rings (SSSR count). The molecule has 27 heavy (non-hydrogen) atoms. The smallest absolute Gasteiger partial charge is 0.338 e. The van der Waals surface area contributed by atoms with Crippen LogP contribution < -0.4 is 4.74 Å². The highest BCUT2D eigenvalue weighted by Crippen LogP contribution is 2.38. The number of esters is 1. The van der Waals surface area contributed by atoms with E-state index in [1.54, 1.807) is 30.3 Å². The second-order valence-electron chi connectivity index (χ2n) is 6.05. The summed E-state index contributed by atoms with van der Waals surface area (Å²) in [5.41, 5.74) is 0.131. The van der Waals surface area contributed by atoms with Crippen LogP contribution in [0.1, 0.15) is 52.1 Å². The lowest BCUT2D eigenvalue weighted by Gasteiger charge is -2.17. The normalized spacial score (nSPS) is 10.3. The first-order chi connectivity index (χ1) is 12.8. The fraction of sp³-hybridized carbons (Fsp3) is 0.190. The second kappa shape index (κ2) is 8.31. The largest absolute Gasteiger partial charge is 0.504 e. The van der Waals surface area contributed by atoms with Crippen LogP contribution in [0.3, 0.4) is 0 Å². The lowest BCUT2D eigenvalue weighted by molar-refractivity contribution is -0.130. The molecule has 2 aromatic carbocycles. The first-order valence-electron chi connectivity index (χ1n) is 8.37. The maximum Gasteiger partial charge on any atom is 0.338 e. The average molecular weight is 368 g/mol. The summed E-state index contributed by atoms with van der Waals surface area (Å²) in [6, 6.07) is 9.12. The number of rotatable bonds is 7. The van der Waals surface area contributed by atoms with Crippen molar-refractivity contribution in [2.45, 2.75) is 26.7 Å². The Kier molecular flexibility index (Phi) is 6.13. The maximum absolute atomic E-state index is 13.0. The molecule has 140 valence electrons. The van der Waals surface area contributed by atoms with Gasteiger partial charge in [0.05, 0.1) is 5.56 Å². The van der Waals surface area contributed by atoms with Gasteiger partial charge in [-0.25, -0.2) is 9.59 Å². The molecule has 0 fully saturated rings. The molecule has 6 heteroatoms. The topological polar surface area (TPSA) is 101 Å². The zero-order valence-electron chi connectivity index (χ0n) is 15.1. The highest BCUT2D eigenvalue weighted by Gasteiger charge is 2.28. The molecule has 0 aliphatic carbocycles. The number of benzene rings is 2. The number of carbonyl (C=O) groups is 3. The molecule has 0 radical (unpaired) electrons. The molecule has 0 saturated carbocycles. The second-order valence-corrected chi connectivity index (χ2v) is 6.05. The maximum atomic E-state index is 13.0. The fourth-order valence-electron chi connectivity index (χ4n) is 2.65. The number of carboxylic acids is 1. The van der Waals surface area contributed by atoms with Crippen LogP contribution in [0, 0.1) is 0 Å². The van der Waals surface area contributed by atoms with Gasteiger partial charge in [-0.1, -0.05) is 50.3 Å². The van der Waals surface area contributed by atoms with Gasteiger partial charge in [0.2, 0.25) is 0 Å². The minimum atomic E-state index is -1.36. The number of hydrogen-bond donors (Lipinski definition) is 2. The van der Waals surface area contributed by atoms with Gasteiger partial charge in [-0.3, -0.25) is 4.79 Å². The molecule has 2 N–H and O–H groups in total. The van der Waals surface area contributed by atoms with Crippen LogP contribution in [-0.4, -0.2) is 27.9 Å². The van der Waals surface area contributed by atoms with Gasteiger partial charge in [-0.15, -0.1) is 0 Å². The van der Waals surface area contributed by atoms with E-state index in [9.17, 15) is 24.6 Å². The van der Waals surface area contributed by atoms with E-state index in [0.717, 1.165) is 6.07 Å². The van der Waals surface area contributed by atoms with Gasteiger partial charge >= 0.3 is 11.9 Å². The van der Waals surface area contributed by atoms with E-state index in [4.69, 9.17) is 4.74 Å². The number of carboxylic acid groups (broad SMARTS) is 1. The van der Waals surface area contributed by atoms with Crippen molar-refractivity contribution in [3.63, 3.8) is 0 Å². The summed E-state index contributed by atoms with van der Waals surface area (Å²) >= 11 is 0. The van der Waals surface area contributed by atoms with Crippen molar-refractivity contribution in [3.8, 4) is 11.5 Å². The van der Waals surface area contributed by atoms with Crippen molar-refractivity contribution in [1.29, 1.82) is 0 Å². The number of aromatic carboxylic acids is 1. The molecule has 0 atom stereocenters. The Labute approximate surface area is 156 Å². The molecular weight excluding hydrogens is 348 g/mol. The van der Waals surface area contributed by atoms with E-state index >= 15 is 0 Å². The minimum Gasteiger partial charge on any atom is -0.504 e. The number of carbonyl (C=O) groups excluding carboxylic acids is 2. The Hall–Kier alpha value is -3.41. The fourth-order valence-corrected chi connectivity index (χ4v) is 2.65. The molecule has 0 amide bonds. The third-order valence-corrected chi connectivity index (χ3v) is 3.90. The van der Waals surface area contributed by atoms with Gasteiger partial charge in [-0.05, 0) is 19.4 Å². The average Bonchev–Trinajstić information content (AvgIpc) is 2.64. The van der Waals surface area contributed by atoms with Crippen LogP contribution in [-0.2, 0) is 11.2 Å². The summed E-state index contributed by atoms with van der Waals surface area (Å²) in [5, 5.41) is 19.8. The first kappa shape index (κ1) is 19.9. The number of hydrogen-bond acceptors (Lipinski definition) is 5. The molecule has 0 aromatic heterocycles. The standard InChI is InChI=1S/C21H20O6/c1-4-8-14-17(18(23)13-9-6-5-7-10-13)15(20(24)25)11-16(22)19(14)27-21(26)12(2)3/h5-7,9-11,22H,2,4,8H2,1,3H3,(H,24,25). The molecule has 6 nitrogen and oxygen atoms in total. The van der Waals surface area contributed by atoms with E-state index in [1.807, 2.05) is 6.92 Å². The lowest BCUT2D eigenvalue weighted by atomic mass is 9.90. The number of aromatic hydroxyl groups is 1. The quantitative estimate of drug-likeness (QED) is 0.334. The Balaban J connectivity index is 2.77. The lowest BCUT2D eigenvalue weighted by Crippen LogP contribution is -2.17. The number of phenolic OH excluding ortho intramolecular Hbond substituents is 1. The van der Waals surface area contributed by atoms with E-state index in [1.165, 1.54) is 6.92 Å². The summed E-state index contributed by atoms with van der Waals surface area (Å²) in [6.45, 7) is 6.76. The minimum absolute atomic E-state index is 0.0992. The number of ether oxygens (including phenoxy) is 1. The first-order valence-corrected chi connectivity index (χ1v) is 8.37. The van der Waals surface area contributed by atoms with Crippen LogP contribution in [0.2, 0.25) is 0 Å². The zero-order chi connectivity index (χ0) is 20.1. The van der Waals surface area contributed by atoms with Crippen molar-refractivity contribution in [1.82, 2.24) is 0 Å². The highest BCUT2D eigenvalue weighted by atomic mass is 16.5. The zero-order valence-corrected chi connectivity index (χ0v) is 15.1. The van der Waals surface area contributed by atoms with Gasteiger partial charge in [0.25, 0.3) is 0 Å². The van der Waals surface area contributed by atoms with Crippen LogP contribution in [0.15, 0.2) is 48.6 Å². The number of ketones is 1. The third kappa shape index (κ3) is 4.23. The highest BCUT2D eigenvalue weighted by molar-refractivity contribution is 6.16. The monoisotopic (exact) mass is 368 g/mol. The van der Waals surface area contributed by atoms with Gasteiger partial charge in [0.1, 0.15) is 0 Å². The Morgan fingerprint density at radius 2 is 1.78 bits per heavy atom. The SMILES string of the molecule is C=C(C)C(=O)Oc1c(O)cc(C(=O)O)c(C(=O)c2ccccc2)c1CCC. The van der Waals surface area contributed by atoms with Crippen molar-refractivity contribution < 1.29 is 29.3 Å². The predicted octanol–water partition coefficient (Wildman–Crippen LogP) is 3.76. The number of phenols is 1. The summed E-state index contributed by atoms with van der Waals surface area (Å²) in [6.07, 6.45) is 0.774. The van der Waals surface area contributed by atoms with Gasteiger partial charge < -0.3 is 14.9 Å². The van der Waals surface area contributed by atoms with Crippen molar-refractivity contribution in [2.24, 2.45) is 0 Å². The van der Waals surface area contributed by atoms with Crippen LogP contribution in [0.5, 0.6) is 11.5 Å². The molecule has 0 aliphatic rings. The van der Waals surface area contributed by atoms with Gasteiger partial charge in [0, 0.05) is 22.3 Å². The van der Waals surface area contributed by atoms with Crippen LogP contribution >= 0.6 is 0 Å². The van der Waals surface area contributed by atoms with Crippen molar-refractivity contribution >= 4 is 17.7 Å². The van der Waals surface area contributed by atoms with Crippen LogP contribution in [0.25, 0.3) is 0 Å². The van der Waals surface area contributed by atoms with E-state index in [0.29, 0.717) is 12.0 Å². The van der Waals surface area contributed by atoms with Crippen molar-refractivity contribution in [2.75, 3.05) is 0 Å². The third-order valence-electron chi connectivity index (χ3n) is 3.90. The molecule has 0 bridgehead atoms. The molecule has 0 heterocycles. The van der Waals surface area contributed by atoms with Gasteiger partial charge in [-0.2, -0.15) is 0 Å². The summed E-state index contributed by atoms with van der Waals surface area (Å²) < 4.78 is 5.22. The van der Waals surface area contributed by atoms with Crippen LogP contribution in [0.4, 0.5) is 0 Å². The molecular formula is C21H20O6. The Morgan fingerprint density at radius 3 is 2.30 bits per heavy atom. The van der Waals surface area contributed by atoms with E-state index in [2.05, 4.69) is 6.58 Å². The molecule has 0 spiro atoms. The molecule has 0 aliphatic heterocycles. The Bertz CT molecular complexity index is 912. The molecule has 2 aromatic rings. The summed E-state index contributed by atoms with van der Waals surface area (Å²) in [4.78, 5) is 36.7. The van der Waals surface area contributed by atoms with E-state index in [-0.39, 0.29) is 34.4 Å². The molecule has 0 saturated heterocycles. The van der Waals surface area contributed by atoms with Crippen molar-refractivity contribution in [3.05, 3.63) is 70.8 Å².